The van der Waals surface area contributed by atoms with Crippen molar-refractivity contribution in [3.8, 4) is 11.3 Å². The predicted molar refractivity (Wildman–Crippen MR) is 61.6 cm³/mol. The highest BCUT2D eigenvalue weighted by atomic mass is 79.9. The van der Waals surface area contributed by atoms with Crippen LogP contribution in [-0.4, -0.2) is 16.2 Å². The molecule has 1 aromatic heterocycles. The van der Waals surface area contributed by atoms with E-state index in [9.17, 15) is 18.0 Å². The molecule has 2 aromatic rings. The van der Waals surface area contributed by atoms with E-state index >= 15 is 0 Å². The third-order valence-corrected chi connectivity index (χ3v) is 2.78. The number of aromatic carboxylic acids is 1. The zero-order valence-corrected chi connectivity index (χ0v) is 10.6. The number of carboxylic acid groups (broad SMARTS) is 1. The molecule has 1 aromatic carbocycles. The van der Waals surface area contributed by atoms with Gasteiger partial charge in [0.25, 0.3) is 0 Å². The van der Waals surface area contributed by atoms with E-state index in [-0.39, 0.29) is 15.7 Å². The molecule has 0 bridgehead atoms. The second-order valence-corrected chi connectivity index (χ2v) is 4.48. The Bertz CT molecular complexity index is 636. The average molecular weight is 336 g/mol. The number of rotatable bonds is 2. The monoisotopic (exact) mass is 335 g/mol. The van der Waals surface area contributed by atoms with E-state index in [2.05, 4.69) is 25.6 Å². The number of nitrogens with zero attached hydrogens (tertiary/aromatic N) is 1. The smallest absolute Gasteiger partial charge is 0.417 e. The molecule has 0 atom stereocenters. The van der Waals surface area contributed by atoms with E-state index in [1.807, 2.05) is 0 Å². The lowest BCUT2D eigenvalue weighted by Crippen LogP contribution is -2.07. The van der Waals surface area contributed by atoms with Gasteiger partial charge in [0.15, 0.2) is 0 Å². The quantitative estimate of drug-likeness (QED) is 0.906. The van der Waals surface area contributed by atoms with E-state index in [0.29, 0.717) is 0 Å². The van der Waals surface area contributed by atoms with Crippen molar-refractivity contribution < 1.29 is 27.6 Å². The first-order valence-corrected chi connectivity index (χ1v) is 5.65. The third kappa shape index (κ3) is 2.78. The van der Waals surface area contributed by atoms with Gasteiger partial charge in [-0.25, -0.2) is 4.79 Å². The Kier molecular flexibility index (Phi) is 3.36. The van der Waals surface area contributed by atoms with Gasteiger partial charge in [0, 0.05) is 16.1 Å². The van der Waals surface area contributed by atoms with E-state index < -0.39 is 23.5 Å². The van der Waals surface area contributed by atoms with Crippen LogP contribution < -0.4 is 0 Å². The third-order valence-electron chi connectivity index (χ3n) is 2.28. The first-order valence-electron chi connectivity index (χ1n) is 4.86. The van der Waals surface area contributed by atoms with Crippen LogP contribution in [0, 0.1) is 0 Å². The molecule has 0 unspecified atom stereocenters. The van der Waals surface area contributed by atoms with Gasteiger partial charge in [-0.1, -0.05) is 27.2 Å². The topological polar surface area (TPSA) is 63.3 Å². The summed E-state index contributed by atoms with van der Waals surface area (Å²) < 4.78 is 43.4. The molecule has 0 radical (unpaired) electrons. The molecule has 0 amide bonds. The van der Waals surface area contributed by atoms with Crippen molar-refractivity contribution in [1.82, 2.24) is 5.16 Å². The standard InChI is InChI=1S/C11H5BrF3NO3/c12-5-1-2-6(7(3-5)11(13,14)15)8-4-9(10(17)18)19-16-8/h1-4H,(H,17,18). The van der Waals surface area contributed by atoms with Crippen molar-refractivity contribution in [2.24, 2.45) is 0 Å². The molecule has 100 valence electrons. The van der Waals surface area contributed by atoms with Gasteiger partial charge in [-0.2, -0.15) is 13.2 Å². The summed E-state index contributed by atoms with van der Waals surface area (Å²) in [5.74, 6) is -1.92. The predicted octanol–water partition coefficient (Wildman–Crippen LogP) is 3.82. The Morgan fingerprint density at radius 1 is 1.32 bits per heavy atom. The Balaban J connectivity index is 2.58. The molecular weight excluding hydrogens is 331 g/mol. The van der Waals surface area contributed by atoms with Crippen molar-refractivity contribution in [1.29, 1.82) is 0 Å². The van der Waals surface area contributed by atoms with Crippen molar-refractivity contribution in [3.63, 3.8) is 0 Å². The summed E-state index contributed by atoms with van der Waals surface area (Å²) in [6.07, 6.45) is -4.58. The van der Waals surface area contributed by atoms with Crippen LogP contribution in [0.1, 0.15) is 16.1 Å². The van der Waals surface area contributed by atoms with Gasteiger partial charge in [-0.15, -0.1) is 0 Å². The molecule has 8 heteroatoms. The van der Waals surface area contributed by atoms with E-state index in [4.69, 9.17) is 5.11 Å². The Morgan fingerprint density at radius 3 is 2.53 bits per heavy atom. The molecule has 0 aliphatic heterocycles. The second-order valence-electron chi connectivity index (χ2n) is 3.57. The molecular formula is C11H5BrF3NO3. The van der Waals surface area contributed by atoms with Crippen LogP contribution >= 0.6 is 15.9 Å². The number of carboxylic acids is 1. The van der Waals surface area contributed by atoms with Gasteiger partial charge in [-0.05, 0) is 12.1 Å². The zero-order chi connectivity index (χ0) is 14.2. The summed E-state index contributed by atoms with van der Waals surface area (Å²) >= 11 is 2.95. The van der Waals surface area contributed by atoms with Crippen LogP contribution in [0.15, 0.2) is 33.3 Å². The maximum Gasteiger partial charge on any atom is 0.417 e. The highest BCUT2D eigenvalue weighted by molar-refractivity contribution is 9.10. The van der Waals surface area contributed by atoms with Crippen LogP contribution in [0.2, 0.25) is 0 Å². The van der Waals surface area contributed by atoms with E-state index in [0.717, 1.165) is 12.1 Å². The van der Waals surface area contributed by atoms with Crippen LogP contribution in [0.5, 0.6) is 0 Å². The minimum absolute atomic E-state index is 0.183. The van der Waals surface area contributed by atoms with Gasteiger partial charge in [0.05, 0.1) is 5.56 Å². The number of hydrogen-bond donors (Lipinski definition) is 1. The number of carbonyl (C=O) groups is 1. The maximum absolute atomic E-state index is 12.9. The molecule has 19 heavy (non-hydrogen) atoms. The first kappa shape index (κ1) is 13.6. The molecule has 1 N–H and O–H groups in total. The van der Waals surface area contributed by atoms with Crippen molar-refractivity contribution >= 4 is 21.9 Å². The van der Waals surface area contributed by atoms with Crippen molar-refractivity contribution in [3.05, 3.63) is 40.1 Å². The van der Waals surface area contributed by atoms with Crippen molar-refractivity contribution in [2.75, 3.05) is 0 Å². The molecule has 0 spiro atoms. The minimum Gasteiger partial charge on any atom is -0.475 e. The molecule has 0 saturated heterocycles. The summed E-state index contributed by atoms with van der Waals surface area (Å²) in [5, 5.41) is 12.0. The minimum atomic E-state index is -4.58. The fourth-order valence-electron chi connectivity index (χ4n) is 1.48. The molecule has 2 rings (SSSR count). The van der Waals surface area contributed by atoms with Crippen LogP contribution in [0.3, 0.4) is 0 Å². The number of benzene rings is 1. The number of hydrogen-bond acceptors (Lipinski definition) is 3. The van der Waals surface area contributed by atoms with E-state index in [1.165, 1.54) is 12.1 Å². The number of halogens is 4. The largest absolute Gasteiger partial charge is 0.475 e. The van der Waals surface area contributed by atoms with Crippen molar-refractivity contribution in [2.45, 2.75) is 6.18 Å². The molecule has 0 aliphatic carbocycles. The highest BCUT2D eigenvalue weighted by Gasteiger charge is 2.34. The molecule has 1 heterocycles. The van der Waals surface area contributed by atoms with Gasteiger partial charge in [0.1, 0.15) is 5.69 Å². The van der Waals surface area contributed by atoms with Gasteiger partial charge in [-0.3, -0.25) is 0 Å². The lowest BCUT2D eigenvalue weighted by molar-refractivity contribution is -0.137. The normalized spacial score (nSPS) is 11.6. The number of alkyl halides is 3. The SMILES string of the molecule is O=C(O)c1cc(-c2ccc(Br)cc2C(F)(F)F)no1. The Hall–Kier alpha value is -1.83. The van der Waals surface area contributed by atoms with Crippen LogP contribution in [0.25, 0.3) is 11.3 Å². The van der Waals surface area contributed by atoms with E-state index in [1.54, 1.807) is 0 Å². The summed E-state index contributed by atoms with van der Waals surface area (Å²) in [5.41, 5.74) is -1.35. The molecule has 0 fully saturated rings. The Labute approximate surface area is 113 Å². The Morgan fingerprint density at radius 2 is 2.00 bits per heavy atom. The molecule has 0 saturated carbocycles. The van der Waals surface area contributed by atoms with Gasteiger partial charge in [0.2, 0.25) is 5.76 Å². The fourth-order valence-corrected chi connectivity index (χ4v) is 1.84. The summed E-state index contributed by atoms with van der Waals surface area (Å²) in [4.78, 5) is 10.6. The summed E-state index contributed by atoms with van der Waals surface area (Å²) in [7, 11) is 0. The van der Waals surface area contributed by atoms with Gasteiger partial charge >= 0.3 is 12.1 Å². The van der Waals surface area contributed by atoms with Crippen LogP contribution in [0.4, 0.5) is 13.2 Å². The first-order chi connectivity index (χ1) is 8.79. The second kappa shape index (κ2) is 4.69. The van der Waals surface area contributed by atoms with Crippen LogP contribution in [-0.2, 0) is 6.18 Å². The fraction of sp³-hybridized carbons (Fsp3) is 0.0909. The number of aromatic nitrogens is 1. The average Bonchev–Trinajstić information content (AvgIpc) is 2.77. The molecule has 4 nitrogen and oxygen atoms in total. The molecule has 0 aliphatic rings. The van der Waals surface area contributed by atoms with Gasteiger partial charge < -0.3 is 9.63 Å². The lowest BCUT2D eigenvalue weighted by atomic mass is 10.0. The summed E-state index contributed by atoms with van der Waals surface area (Å²) in [6, 6.07) is 4.43. The maximum atomic E-state index is 12.9. The summed E-state index contributed by atoms with van der Waals surface area (Å²) in [6.45, 7) is 0. The zero-order valence-electron chi connectivity index (χ0n) is 9.03. The lowest BCUT2D eigenvalue weighted by Gasteiger charge is -2.11. The highest BCUT2D eigenvalue weighted by Crippen LogP contribution is 2.38.